The van der Waals surface area contributed by atoms with E-state index in [1.54, 1.807) is 31.3 Å². The third kappa shape index (κ3) is 5.81. The second-order valence-corrected chi connectivity index (χ2v) is 8.66. The Balaban J connectivity index is 2.01. The van der Waals surface area contributed by atoms with Gasteiger partial charge in [0.1, 0.15) is 0 Å². The molecule has 2 aromatic rings. The number of amides is 2. The number of anilines is 1. The smallest absolute Gasteiger partial charge is 0.423 e. The maximum absolute atomic E-state index is 12.4. The first-order valence-corrected chi connectivity index (χ1v) is 10.5. The van der Waals surface area contributed by atoms with Gasteiger partial charge >= 0.3 is 13.1 Å². The van der Waals surface area contributed by atoms with Crippen LogP contribution in [0.3, 0.4) is 0 Å². The van der Waals surface area contributed by atoms with Crippen LogP contribution in [0.2, 0.25) is 0 Å². The van der Waals surface area contributed by atoms with Gasteiger partial charge in [0.05, 0.1) is 17.2 Å². The maximum atomic E-state index is 12.4. The minimum absolute atomic E-state index is 0.0292. The largest absolute Gasteiger partial charge is 0.488 e. The van der Waals surface area contributed by atoms with Crippen LogP contribution >= 0.6 is 0 Å². The highest BCUT2D eigenvalue weighted by Gasteiger charge is 2.18. The van der Waals surface area contributed by atoms with Crippen LogP contribution in [0.5, 0.6) is 0 Å². The second-order valence-electron chi connectivity index (χ2n) is 6.41. The van der Waals surface area contributed by atoms with E-state index < -0.39 is 23.0 Å². The van der Waals surface area contributed by atoms with E-state index in [1.165, 1.54) is 30.0 Å². The molecule has 2 rings (SSSR count). The Labute approximate surface area is 170 Å². The summed E-state index contributed by atoms with van der Waals surface area (Å²) in [5.74, 6) is -0.109. The lowest BCUT2D eigenvalue weighted by atomic mass is 9.80. The van der Waals surface area contributed by atoms with Crippen LogP contribution in [0, 0.1) is 6.57 Å². The van der Waals surface area contributed by atoms with Gasteiger partial charge < -0.3 is 20.3 Å². The molecular formula is C19H22BN3O5S. The Morgan fingerprint density at radius 2 is 1.86 bits per heavy atom. The first-order valence-electron chi connectivity index (χ1n) is 8.89. The Hall–Kier alpha value is -2.87. The summed E-state index contributed by atoms with van der Waals surface area (Å²) in [6.07, 6.45) is 0.562. The number of hydrogen-bond acceptors (Lipinski definition) is 5. The van der Waals surface area contributed by atoms with Gasteiger partial charge in [-0.15, -0.1) is 0 Å². The summed E-state index contributed by atoms with van der Waals surface area (Å²) in [6, 6.07) is 10.5. The lowest BCUT2D eigenvalue weighted by Gasteiger charge is -2.18. The number of benzene rings is 2. The fourth-order valence-electron chi connectivity index (χ4n) is 2.57. The van der Waals surface area contributed by atoms with Crippen LogP contribution < -0.4 is 10.8 Å². The highest BCUT2D eigenvalue weighted by Crippen LogP contribution is 2.28. The minimum Gasteiger partial charge on any atom is -0.423 e. The molecule has 8 nitrogen and oxygen atoms in total. The SMILES string of the molecule is [C-]#[N+]c1cc(NC(=O)N(C)CCc2ccc(B(O)O)cc2)ccc1S(=O)(=O)CC. The predicted molar refractivity (Wildman–Crippen MR) is 112 cm³/mol. The molecule has 0 atom stereocenters. The van der Waals surface area contributed by atoms with Gasteiger partial charge in [-0.3, -0.25) is 0 Å². The van der Waals surface area contributed by atoms with Crippen LogP contribution in [-0.4, -0.2) is 55.9 Å². The average molecular weight is 415 g/mol. The Bertz CT molecular complexity index is 1020. The van der Waals surface area contributed by atoms with Crippen molar-refractivity contribution in [2.24, 2.45) is 0 Å². The number of carbonyl (C=O) groups is 1. The normalized spacial score (nSPS) is 10.9. The predicted octanol–water partition coefficient (Wildman–Crippen LogP) is 1.42. The molecule has 0 aliphatic carbocycles. The molecule has 0 unspecified atom stereocenters. The first-order chi connectivity index (χ1) is 13.7. The van der Waals surface area contributed by atoms with Crippen molar-refractivity contribution in [2.45, 2.75) is 18.2 Å². The molecular weight excluding hydrogens is 393 g/mol. The number of carbonyl (C=O) groups excluding carboxylic acids is 1. The van der Waals surface area contributed by atoms with Crippen molar-refractivity contribution < 1.29 is 23.3 Å². The standard InChI is InChI=1S/C19H22BN3O5S/c1-4-29(27,28)18-10-9-16(13-17(18)21-2)22-19(24)23(3)12-11-14-5-7-15(8-6-14)20(25)26/h5-10,13,25-26H,4,11-12H2,1,3H3,(H,22,24). The maximum Gasteiger partial charge on any atom is 0.488 e. The van der Waals surface area contributed by atoms with Gasteiger partial charge in [-0.2, -0.15) is 0 Å². The van der Waals surface area contributed by atoms with Gasteiger partial charge in [-0.25, -0.2) is 18.1 Å². The number of likely N-dealkylation sites (N-methyl/N-ethyl adjacent to an activating group) is 1. The van der Waals surface area contributed by atoms with E-state index in [9.17, 15) is 13.2 Å². The summed E-state index contributed by atoms with van der Waals surface area (Å²) < 4.78 is 24.1. The van der Waals surface area contributed by atoms with E-state index in [-0.39, 0.29) is 16.3 Å². The van der Waals surface area contributed by atoms with Crippen molar-refractivity contribution in [3.63, 3.8) is 0 Å². The van der Waals surface area contributed by atoms with Gasteiger partial charge in [0.2, 0.25) is 5.69 Å². The summed E-state index contributed by atoms with van der Waals surface area (Å²) in [5, 5.41) is 20.9. The molecule has 29 heavy (non-hydrogen) atoms. The van der Waals surface area contributed by atoms with E-state index in [2.05, 4.69) is 10.2 Å². The molecule has 0 saturated carbocycles. The number of nitrogens with one attached hydrogen (secondary N) is 1. The third-order valence-electron chi connectivity index (χ3n) is 4.41. The first kappa shape index (κ1) is 22.4. The van der Waals surface area contributed by atoms with E-state index in [0.29, 0.717) is 24.1 Å². The van der Waals surface area contributed by atoms with Crippen LogP contribution in [0.15, 0.2) is 47.4 Å². The number of nitrogens with zero attached hydrogens (tertiary/aromatic N) is 2. The summed E-state index contributed by atoms with van der Waals surface area (Å²) in [4.78, 5) is 17.0. The molecule has 0 fully saturated rings. The Morgan fingerprint density at radius 3 is 2.41 bits per heavy atom. The van der Waals surface area contributed by atoms with Gasteiger partial charge in [0.15, 0.2) is 9.84 Å². The summed E-state index contributed by atoms with van der Waals surface area (Å²) in [6.45, 7) is 9.13. The third-order valence-corrected chi connectivity index (χ3v) is 6.18. The molecule has 0 saturated heterocycles. The quantitative estimate of drug-likeness (QED) is 0.468. The zero-order valence-electron chi connectivity index (χ0n) is 16.2. The number of hydrogen-bond donors (Lipinski definition) is 3. The second kappa shape index (κ2) is 9.56. The molecule has 3 N–H and O–H groups in total. The molecule has 10 heteroatoms. The molecule has 0 radical (unpaired) electrons. The molecule has 0 heterocycles. The Kier molecular flexibility index (Phi) is 7.39. The fourth-order valence-corrected chi connectivity index (χ4v) is 3.58. The van der Waals surface area contributed by atoms with Gasteiger partial charge in [-0.05, 0) is 29.6 Å². The van der Waals surface area contributed by atoms with Crippen molar-refractivity contribution in [1.29, 1.82) is 0 Å². The Morgan fingerprint density at radius 1 is 1.21 bits per heavy atom. The molecule has 0 aliphatic heterocycles. The van der Waals surface area contributed by atoms with Crippen molar-refractivity contribution in [1.82, 2.24) is 4.90 Å². The number of sulfone groups is 1. The van der Waals surface area contributed by atoms with E-state index in [1.807, 2.05) is 0 Å². The molecule has 152 valence electrons. The van der Waals surface area contributed by atoms with E-state index in [0.717, 1.165) is 5.56 Å². The van der Waals surface area contributed by atoms with Crippen LogP contribution in [0.1, 0.15) is 12.5 Å². The number of urea groups is 1. The highest BCUT2D eigenvalue weighted by atomic mass is 32.2. The van der Waals surface area contributed by atoms with E-state index >= 15 is 0 Å². The molecule has 0 aromatic heterocycles. The number of rotatable bonds is 7. The zero-order valence-corrected chi connectivity index (χ0v) is 17.0. The highest BCUT2D eigenvalue weighted by molar-refractivity contribution is 7.91. The van der Waals surface area contributed by atoms with Gasteiger partial charge in [0.25, 0.3) is 0 Å². The average Bonchev–Trinajstić information content (AvgIpc) is 2.71. The summed E-state index contributed by atoms with van der Waals surface area (Å²) in [7, 11) is -3.42. The zero-order chi connectivity index (χ0) is 21.6. The van der Waals surface area contributed by atoms with Crippen molar-refractivity contribution >= 4 is 39.8 Å². The van der Waals surface area contributed by atoms with Crippen LogP contribution in [0.4, 0.5) is 16.2 Å². The van der Waals surface area contributed by atoms with Crippen molar-refractivity contribution in [2.75, 3.05) is 24.7 Å². The van der Waals surface area contributed by atoms with E-state index in [4.69, 9.17) is 16.6 Å². The van der Waals surface area contributed by atoms with Gasteiger partial charge in [0, 0.05) is 19.3 Å². The van der Waals surface area contributed by atoms with Crippen molar-refractivity contribution in [3.05, 3.63) is 59.4 Å². The molecule has 2 amide bonds. The molecule has 2 aromatic carbocycles. The topological polar surface area (TPSA) is 111 Å². The van der Waals surface area contributed by atoms with Crippen molar-refractivity contribution in [3.8, 4) is 0 Å². The molecule has 0 bridgehead atoms. The fraction of sp³-hybridized carbons (Fsp3) is 0.263. The van der Waals surface area contributed by atoms with Crippen LogP contribution in [-0.2, 0) is 16.3 Å². The van der Waals surface area contributed by atoms with Crippen LogP contribution in [0.25, 0.3) is 4.85 Å². The molecule has 0 spiro atoms. The monoisotopic (exact) mass is 415 g/mol. The lowest BCUT2D eigenvalue weighted by Crippen LogP contribution is -2.33. The molecule has 0 aliphatic rings. The minimum atomic E-state index is -3.52. The van der Waals surface area contributed by atoms with Gasteiger partial charge in [-0.1, -0.05) is 37.3 Å². The summed E-state index contributed by atoms with van der Waals surface area (Å²) in [5.41, 5.74) is 1.63. The lowest BCUT2D eigenvalue weighted by molar-refractivity contribution is 0.223. The summed E-state index contributed by atoms with van der Waals surface area (Å²) >= 11 is 0.